The highest BCUT2D eigenvalue weighted by atomic mass is 127. The molecule has 0 spiro atoms. The molecule has 2 rings (SSSR count). The predicted octanol–water partition coefficient (Wildman–Crippen LogP) is 3.75. The minimum atomic E-state index is 0. The van der Waals surface area contributed by atoms with Crippen LogP contribution in [0.4, 0.5) is 0 Å². The zero-order valence-electron chi connectivity index (χ0n) is 17.0. The third-order valence-corrected chi connectivity index (χ3v) is 4.93. The van der Waals surface area contributed by atoms with Crippen molar-refractivity contribution in [1.82, 2.24) is 15.5 Å². The molecule has 5 nitrogen and oxygen atoms in total. The summed E-state index contributed by atoms with van der Waals surface area (Å²) in [5.41, 5.74) is 0. The van der Waals surface area contributed by atoms with Crippen molar-refractivity contribution in [1.29, 1.82) is 0 Å². The van der Waals surface area contributed by atoms with Crippen molar-refractivity contribution in [2.75, 3.05) is 45.9 Å². The number of ether oxygens (including phenoxy) is 1. The standard InChI is InChI=1S/C21H36N4O.HI/c1-3-22-21(23-14-8-18-26-20-9-6-5-7-10-20)24-15-11-19-12-16-25(4-2)17-13-19;/h5-7,9-10,19H,3-4,8,11-18H2,1-2H3,(H2,22,23,24);1H. The fourth-order valence-corrected chi connectivity index (χ4v) is 3.29. The van der Waals surface area contributed by atoms with Gasteiger partial charge in [0, 0.05) is 26.1 Å². The van der Waals surface area contributed by atoms with Gasteiger partial charge in [0.15, 0.2) is 5.96 Å². The van der Waals surface area contributed by atoms with Crippen LogP contribution in [0.2, 0.25) is 0 Å². The Labute approximate surface area is 182 Å². The van der Waals surface area contributed by atoms with Crippen molar-refractivity contribution < 1.29 is 4.74 Å². The summed E-state index contributed by atoms with van der Waals surface area (Å²) in [7, 11) is 0. The minimum absolute atomic E-state index is 0. The number of hydrogen-bond donors (Lipinski definition) is 2. The second kappa shape index (κ2) is 15.0. The number of halogens is 1. The zero-order valence-corrected chi connectivity index (χ0v) is 19.3. The number of aliphatic imine (C=N–C) groups is 1. The highest BCUT2D eigenvalue weighted by molar-refractivity contribution is 14.0. The maximum absolute atomic E-state index is 5.71. The van der Waals surface area contributed by atoms with E-state index in [1.54, 1.807) is 0 Å². The Kier molecular flexibility index (Phi) is 13.3. The molecule has 6 heteroatoms. The predicted molar refractivity (Wildman–Crippen MR) is 125 cm³/mol. The summed E-state index contributed by atoms with van der Waals surface area (Å²) in [5, 5.41) is 6.82. The normalized spacial score (nSPS) is 15.9. The lowest BCUT2D eigenvalue weighted by atomic mass is 9.93. The summed E-state index contributed by atoms with van der Waals surface area (Å²) in [4.78, 5) is 7.21. The Bertz CT molecular complexity index is 504. The number of para-hydroxylation sites is 1. The molecular weight excluding hydrogens is 451 g/mol. The lowest BCUT2D eigenvalue weighted by Gasteiger charge is -2.31. The zero-order chi connectivity index (χ0) is 18.5. The van der Waals surface area contributed by atoms with Crippen LogP contribution >= 0.6 is 24.0 Å². The van der Waals surface area contributed by atoms with Crippen LogP contribution < -0.4 is 15.4 Å². The van der Waals surface area contributed by atoms with Gasteiger partial charge in [0.05, 0.1) is 6.61 Å². The van der Waals surface area contributed by atoms with Crippen LogP contribution in [0.3, 0.4) is 0 Å². The summed E-state index contributed by atoms with van der Waals surface area (Å²) in [6.07, 6.45) is 4.82. The molecule has 27 heavy (non-hydrogen) atoms. The largest absolute Gasteiger partial charge is 0.494 e. The molecule has 1 aliphatic rings. The number of benzene rings is 1. The molecule has 154 valence electrons. The number of hydrogen-bond acceptors (Lipinski definition) is 3. The number of piperidine rings is 1. The molecule has 0 bridgehead atoms. The molecule has 2 N–H and O–H groups in total. The maximum atomic E-state index is 5.71. The second-order valence-electron chi connectivity index (χ2n) is 6.87. The Hall–Kier alpha value is -1.02. The SMILES string of the molecule is CCNC(=NCCCOc1ccccc1)NCCC1CCN(CC)CC1.I. The first-order chi connectivity index (χ1) is 12.8. The number of likely N-dealkylation sites (tertiary alicyclic amines) is 1. The smallest absolute Gasteiger partial charge is 0.191 e. The fourth-order valence-electron chi connectivity index (χ4n) is 3.29. The lowest BCUT2D eigenvalue weighted by Crippen LogP contribution is -2.39. The summed E-state index contributed by atoms with van der Waals surface area (Å²) in [6.45, 7) is 11.4. The molecule has 0 aliphatic carbocycles. The second-order valence-corrected chi connectivity index (χ2v) is 6.87. The molecule has 0 saturated carbocycles. The Morgan fingerprint density at radius 1 is 1.15 bits per heavy atom. The van der Waals surface area contributed by atoms with E-state index in [1.807, 2.05) is 30.3 Å². The summed E-state index contributed by atoms with van der Waals surface area (Å²) in [6, 6.07) is 9.96. The van der Waals surface area contributed by atoms with Gasteiger partial charge in [0.1, 0.15) is 5.75 Å². The number of rotatable bonds is 10. The molecule has 0 radical (unpaired) electrons. The van der Waals surface area contributed by atoms with Crippen LogP contribution in [0.5, 0.6) is 5.75 Å². The van der Waals surface area contributed by atoms with E-state index in [0.29, 0.717) is 6.61 Å². The van der Waals surface area contributed by atoms with Crippen LogP contribution in [0, 0.1) is 5.92 Å². The van der Waals surface area contributed by atoms with Gasteiger partial charge in [-0.2, -0.15) is 0 Å². The van der Waals surface area contributed by atoms with E-state index in [-0.39, 0.29) is 24.0 Å². The summed E-state index contributed by atoms with van der Waals surface area (Å²) < 4.78 is 5.71. The van der Waals surface area contributed by atoms with E-state index in [0.717, 1.165) is 43.7 Å². The first-order valence-electron chi connectivity index (χ1n) is 10.2. The Morgan fingerprint density at radius 3 is 2.56 bits per heavy atom. The van der Waals surface area contributed by atoms with Crippen LogP contribution in [-0.2, 0) is 0 Å². The van der Waals surface area contributed by atoms with Crippen LogP contribution in [0.1, 0.15) is 39.5 Å². The molecule has 0 atom stereocenters. The van der Waals surface area contributed by atoms with E-state index in [4.69, 9.17) is 4.74 Å². The van der Waals surface area contributed by atoms with E-state index in [1.165, 1.54) is 38.9 Å². The van der Waals surface area contributed by atoms with Crippen molar-refractivity contribution >= 4 is 29.9 Å². The van der Waals surface area contributed by atoms with Gasteiger partial charge in [0.2, 0.25) is 0 Å². The van der Waals surface area contributed by atoms with Crippen molar-refractivity contribution in [3.05, 3.63) is 30.3 Å². The third-order valence-electron chi connectivity index (χ3n) is 4.93. The van der Waals surface area contributed by atoms with Gasteiger partial charge in [-0.1, -0.05) is 25.1 Å². The van der Waals surface area contributed by atoms with Gasteiger partial charge >= 0.3 is 0 Å². The average molecular weight is 488 g/mol. The molecule has 1 heterocycles. The van der Waals surface area contributed by atoms with Gasteiger partial charge in [0.25, 0.3) is 0 Å². The number of guanidine groups is 1. The highest BCUT2D eigenvalue weighted by Gasteiger charge is 2.17. The quantitative estimate of drug-likeness (QED) is 0.228. The highest BCUT2D eigenvalue weighted by Crippen LogP contribution is 2.19. The van der Waals surface area contributed by atoms with Gasteiger partial charge in [-0.3, -0.25) is 4.99 Å². The monoisotopic (exact) mass is 488 g/mol. The molecule has 1 aliphatic heterocycles. The van der Waals surface area contributed by atoms with Gasteiger partial charge in [-0.25, -0.2) is 0 Å². The molecule has 1 aromatic rings. The molecule has 1 fully saturated rings. The third kappa shape index (κ3) is 10.2. The van der Waals surface area contributed by atoms with Gasteiger partial charge in [-0.05, 0) is 63.9 Å². The van der Waals surface area contributed by atoms with E-state index in [2.05, 4.69) is 34.4 Å². The van der Waals surface area contributed by atoms with Crippen LogP contribution in [-0.4, -0.2) is 56.7 Å². The average Bonchev–Trinajstić information content (AvgIpc) is 2.69. The summed E-state index contributed by atoms with van der Waals surface area (Å²) >= 11 is 0. The molecule has 0 aromatic heterocycles. The fraction of sp³-hybridized carbons (Fsp3) is 0.667. The number of nitrogens with zero attached hydrogens (tertiary/aromatic N) is 2. The first kappa shape index (κ1) is 24.0. The Balaban J connectivity index is 0.00000364. The topological polar surface area (TPSA) is 48.9 Å². The van der Waals surface area contributed by atoms with Gasteiger partial charge < -0.3 is 20.3 Å². The maximum Gasteiger partial charge on any atom is 0.191 e. The van der Waals surface area contributed by atoms with Crippen molar-refractivity contribution in [2.24, 2.45) is 10.9 Å². The van der Waals surface area contributed by atoms with Crippen LogP contribution in [0.15, 0.2) is 35.3 Å². The Morgan fingerprint density at radius 2 is 1.89 bits per heavy atom. The lowest BCUT2D eigenvalue weighted by molar-refractivity contribution is 0.187. The molecule has 0 unspecified atom stereocenters. The van der Waals surface area contributed by atoms with Crippen LogP contribution in [0.25, 0.3) is 0 Å². The van der Waals surface area contributed by atoms with Crippen molar-refractivity contribution in [3.63, 3.8) is 0 Å². The van der Waals surface area contributed by atoms with Gasteiger partial charge in [-0.15, -0.1) is 24.0 Å². The molecular formula is C21H37IN4O. The number of nitrogens with one attached hydrogen (secondary N) is 2. The molecule has 1 saturated heterocycles. The minimum Gasteiger partial charge on any atom is -0.494 e. The van der Waals surface area contributed by atoms with Crippen molar-refractivity contribution in [3.8, 4) is 5.75 Å². The summed E-state index contributed by atoms with van der Waals surface area (Å²) in [5.74, 6) is 2.71. The van der Waals surface area contributed by atoms with E-state index >= 15 is 0 Å². The first-order valence-corrected chi connectivity index (χ1v) is 10.2. The van der Waals surface area contributed by atoms with Crippen molar-refractivity contribution in [2.45, 2.75) is 39.5 Å². The molecule has 1 aromatic carbocycles. The molecule has 0 amide bonds. The van der Waals surface area contributed by atoms with E-state index < -0.39 is 0 Å². The van der Waals surface area contributed by atoms with E-state index in [9.17, 15) is 0 Å².